The van der Waals surface area contributed by atoms with E-state index < -0.39 is 0 Å². The largest absolute Gasteiger partial charge is 0.295 e. The second-order valence-corrected chi connectivity index (χ2v) is 3.36. The number of rotatable bonds is 6. The van der Waals surface area contributed by atoms with Gasteiger partial charge in [0.2, 0.25) is 0 Å². The maximum atomic E-state index is 10.6. The Morgan fingerprint density at radius 2 is 2.23 bits per heavy atom. The number of carbonyl (C=O) groups excluding carboxylic acids is 1. The molecule has 0 unspecified atom stereocenters. The van der Waals surface area contributed by atoms with Crippen molar-refractivity contribution < 1.29 is 4.79 Å². The zero-order valence-electron chi connectivity index (χ0n) is 7.96. The van der Waals surface area contributed by atoms with Crippen molar-refractivity contribution in [1.29, 1.82) is 0 Å². The molecular weight excluding hydrogens is 160 g/mol. The van der Waals surface area contributed by atoms with E-state index in [1.807, 2.05) is 6.08 Å². The first kappa shape index (κ1) is 9.97. The van der Waals surface area contributed by atoms with Crippen LogP contribution in [0.3, 0.4) is 0 Å². The van der Waals surface area contributed by atoms with Gasteiger partial charge in [-0.05, 0) is 31.8 Å². The van der Waals surface area contributed by atoms with Crippen LogP contribution in [-0.4, -0.2) is 5.78 Å². The zero-order valence-corrected chi connectivity index (χ0v) is 7.96. The first-order chi connectivity index (χ1) is 6.33. The lowest BCUT2D eigenvalue weighted by Crippen LogP contribution is -2.07. The van der Waals surface area contributed by atoms with Crippen LogP contribution in [0.1, 0.15) is 32.1 Å². The van der Waals surface area contributed by atoms with E-state index in [-0.39, 0.29) is 0 Å². The fraction of sp³-hybridized carbons (Fsp3) is 0.417. The van der Waals surface area contributed by atoms with Crippen molar-refractivity contribution in [3.8, 4) is 0 Å². The minimum atomic E-state index is 0.293. The van der Waals surface area contributed by atoms with E-state index >= 15 is 0 Å². The van der Waals surface area contributed by atoms with Crippen molar-refractivity contribution in [2.45, 2.75) is 32.1 Å². The lowest BCUT2D eigenvalue weighted by atomic mass is 9.92. The Morgan fingerprint density at radius 3 is 2.85 bits per heavy atom. The lowest BCUT2D eigenvalue weighted by molar-refractivity contribution is -0.115. The molecule has 0 saturated heterocycles. The van der Waals surface area contributed by atoms with E-state index in [4.69, 9.17) is 0 Å². The van der Waals surface area contributed by atoms with Crippen molar-refractivity contribution >= 4 is 5.78 Å². The Morgan fingerprint density at radius 1 is 1.46 bits per heavy atom. The van der Waals surface area contributed by atoms with Gasteiger partial charge in [-0.25, -0.2) is 0 Å². The molecule has 1 rings (SSSR count). The van der Waals surface area contributed by atoms with Crippen molar-refractivity contribution in [3.05, 3.63) is 36.5 Å². The summed E-state index contributed by atoms with van der Waals surface area (Å²) in [5, 5.41) is 0. The summed E-state index contributed by atoms with van der Waals surface area (Å²) in [5.74, 6) is 0.293. The van der Waals surface area contributed by atoms with Crippen molar-refractivity contribution in [3.63, 3.8) is 0 Å². The molecule has 0 amide bonds. The van der Waals surface area contributed by atoms with Gasteiger partial charge >= 0.3 is 0 Å². The Labute approximate surface area is 79.8 Å². The summed E-state index contributed by atoms with van der Waals surface area (Å²) >= 11 is 0. The van der Waals surface area contributed by atoms with E-state index in [0.717, 1.165) is 12.8 Å². The highest BCUT2D eigenvalue weighted by molar-refractivity contribution is 5.98. The maximum Gasteiger partial charge on any atom is 0.159 e. The van der Waals surface area contributed by atoms with Gasteiger partial charge in [0.05, 0.1) is 0 Å². The van der Waals surface area contributed by atoms with E-state index in [1.54, 1.807) is 12.2 Å². The van der Waals surface area contributed by atoms with E-state index in [1.165, 1.54) is 18.4 Å². The van der Waals surface area contributed by atoms with Crippen LogP contribution in [0.2, 0.25) is 0 Å². The minimum absolute atomic E-state index is 0.293. The molecule has 0 saturated carbocycles. The average molecular weight is 176 g/mol. The number of allylic oxidation sites excluding steroid dienone is 5. The van der Waals surface area contributed by atoms with Crippen LogP contribution in [0, 0.1) is 0 Å². The van der Waals surface area contributed by atoms with Crippen molar-refractivity contribution in [1.82, 2.24) is 0 Å². The highest BCUT2D eigenvalue weighted by Gasteiger charge is 2.13. The summed E-state index contributed by atoms with van der Waals surface area (Å²) in [6.07, 6.45) is 13.0. The number of unbranched alkanes of at least 4 members (excludes halogenated alkanes) is 2. The molecule has 0 heterocycles. The van der Waals surface area contributed by atoms with Crippen LogP contribution in [0.4, 0.5) is 0 Å². The SMILES string of the molecule is C=C/C=C/CCCCC1=CC(=O)C1. The standard InChI is InChI=1S/C12H16O/c1-2-3-4-5-6-7-8-11-9-12(13)10-11/h2-4,9H,1,5-8,10H2/b4-3+. The third kappa shape index (κ3) is 3.88. The highest BCUT2D eigenvalue weighted by atomic mass is 16.1. The van der Waals surface area contributed by atoms with Crippen LogP contribution in [0.25, 0.3) is 0 Å². The zero-order chi connectivity index (χ0) is 9.52. The van der Waals surface area contributed by atoms with Gasteiger partial charge in [0.15, 0.2) is 5.78 Å². The fourth-order valence-electron chi connectivity index (χ4n) is 1.39. The van der Waals surface area contributed by atoms with Crippen molar-refractivity contribution in [2.75, 3.05) is 0 Å². The van der Waals surface area contributed by atoms with E-state index in [9.17, 15) is 4.79 Å². The van der Waals surface area contributed by atoms with Gasteiger partial charge in [0.25, 0.3) is 0 Å². The molecule has 1 heteroatoms. The number of ketones is 1. The predicted octanol–water partition coefficient (Wildman–Crippen LogP) is 3.19. The number of hydrogen-bond acceptors (Lipinski definition) is 1. The van der Waals surface area contributed by atoms with Crippen LogP contribution >= 0.6 is 0 Å². The molecule has 0 spiro atoms. The average Bonchev–Trinajstić information content (AvgIpc) is 2.07. The first-order valence-electron chi connectivity index (χ1n) is 4.83. The monoisotopic (exact) mass is 176 g/mol. The summed E-state index contributed by atoms with van der Waals surface area (Å²) in [5.41, 5.74) is 1.33. The molecule has 1 aliphatic carbocycles. The van der Waals surface area contributed by atoms with E-state index in [0.29, 0.717) is 12.2 Å². The van der Waals surface area contributed by atoms with Crippen LogP contribution in [0.15, 0.2) is 36.5 Å². The quantitative estimate of drug-likeness (QED) is 0.448. The number of hydrogen-bond donors (Lipinski definition) is 0. The molecule has 0 fully saturated rings. The first-order valence-corrected chi connectivity index (χ1v) is 4.83. The fourth-order valence-corrected chi connectivity index (χ4v) is 1.39. The summed E-state index contributed by atoms with van der Waals surface area (Å²) in [6, 6.07) is 0. The van der Waals surface area contributed by atoms with Gasteiger partial charge in [-0.3, -0.25) is 4.79 Å². The molecule has 1 aliphatic rings. The van der Waals surface area contributed by atoms with Gasteiger partial charge in [0, 0.05) is 6.42 Å². The number of carbonyl (C=O) groups is 1. The topological polar surface area (TPSA) is 17.1 Å². The molecule has 13 heavy (non-hydrogen) atoms. The van der Waals surface area contributed by atoms with Gasteiger partial charge in [0.1, 0.15) is 0 Å². The molecule has 0 bridgehead atoms. The summed E-state index contributed by atoms with van der Waals surface area (Å²) in [6.45, 7) is 3.60. The minimum Gasteiger partial charge on any atom is -0.295 e. The van der Waals surface area contributed by atoms with Gasteiger partial charge in [-0.1, -0.05) is 30.4 Å². The summed E-state index contributed by atoms with van der Waals surface area (Å²) < 4.78 is 0. The van der Waals surface area contributed by atoms with Crippen LogP contribution in [0.5, 0.6) is 0 Å². The highest BCUT2D eigenvalue weighted by Crippen LogP contribution is 2.20. The smallest absolute Gasteiger partial charge is 0.159 e. The Hall–Kier alpha value is -1.11. The molecule has 0 aromatic rings. The predicted molar refractivity (Wildman–Crippen MR) is 55.5 cm³/mol. The molecule has 0 N–H and O–H groups in total. The molecule has 0 aromatic heterocycles. The third-order valence-electron chi connectivity index (χ3n) is 2.16. The second-order valence-electron chi connectivity index (χ2n) is 3.36. The van der Waals surface area contributed by atoms with Crippen LogP contribution < -0.4 is 0 Å². The molecule has 70 valence electrons. The Balaban J connectivity index is 1.96. The van der Waals surface area contributed by atoms with Gasteiger partial charge < -0.3 is 0 Å². The Bertz CT molecular complexity index is 246. The van der Waals surface area contributed by atoms with Crippen molar-refractivity contribution in [2.24, 2.45) is 0 Å². The normalized spacial score (nSPS) is 15.7. The van der Waals surface area contributed by atoms with Crippen LogP contribution in [-0.2, 0) is 4.79 Å². The molecule has 1 nitrogen and oxygen atoms in total. The van der Waals surface area contributed by atoms with E-state index in [2.05, 4.69) is 12.7 Å². The van der Waals surface area contributed by atoms with Gasteiger partial charge in [-0.2, -0.15) is 0 Å². The molecule has 0 aliphatic heterocycles. The molecule has 0 atom stereocenters. The maximum absolute atomic E-state index is 10.6. The lowest BCUT2D eigenvalue weighted by Gasteiger charge is -2.11. The van der Waals surface area contributed by atoms with Gasteiger partial charge in [-0.15, -0.1) is 0 Å². The Kier molecular flexibility index (Phi) is 4.24. The summed E-state index contributed by atoms with van der Waals surface area (Å²) in [7, 11) is 0. The summed E-state index contributed by atoms with van der Waals surface area (Å²) in [4.78, 5) is 10.6. The molecular formula is C12H16O. The molecule has 0 aromatic carbocycles. The second kappa shape index (κ2) is 5.52. The third-order valence-corrected chi connectivity index (χ3v) is 2.16. The molecule has 0 radical (unpaired) electrons.